The summed E-state index contributed by atoms with van der Waals surface area (Å²) in [6.07, 6.45) is -15.6. The predicted molar refractivity (Wildman–Crippen MR) is 68.6 cm³/mol. The highest BCUT2D eigenvalue weighted by Gasteiger charge is 2.50. The number of hydrogen-bond acceptors (Lipinski definition) is 11. The number of ether oxygens (including phenoxy) is 3. The van der Waals surface area contributed by atoms with Crippen LogP contribution >= 0.6 is 0 Å². The Labute approximate surface area is 130 Å². The van der Waals surface area contributed by atoms with E-state index in [1.54, 1.807) is 0 Å². The van der Waals surface area contributed by atoms with Crippen LogP contribution in [0.5, 0.6) is 0 Å². The zero-order valence-corrected chi connectivity index (χ0v) is 12.0. The van der Waals surface area contributed by atoms with Crippen LogP contribution in [-0.4, -0.2) is 115 Å². The van der Waals surface area contributed by atoms with E-state index in [1.807, 2.05) is 0 Å². The summed E-state index contributed by atoms with van der Waals surface area (Å²) >= 11 is 0. The van der Waals surface area contributed by atoms with E-state index >= 15 is 0 Å². The second kappa shape index (κ2) is 7.63. The summed E-state index contributed by atoms with van der Waals surface area (Å²) in [5.74, 6) is 0. The largest absolute Gasteiger partial charge is 0.394 e. The van der Waals surface area contributed by atoms with Crippen LogP contribution in [0.1, 0.15) is 0 Å². The second-order valence-electron chi connectivity index (χ2n) is 5.53. The van der Waals surface area contributed by atoms with Crippen molar-refractivity contribution in [2.45, 2.75) is 61.4 Å². The Hall–Kier alpha value is -0.440. The van der Waals surface area contributed by atoms with Crippen LogP contribution in [0.25, 0.3) is 0 Å². The van der Waals surface area contributed by atoms with Crippen LogP contribution in [0.2, 0.25) is 0 Å². The van der Waals surface area contributed by atoms with Gasteiger partial charge < -0.3 is 55.1 Å². The van der Waals surface area contributed by atoms with Crippen molar-refractivity contribution in [2.24, 2.45) is 0 Å². The quantitative estimate of drug-likeness (QED) is 0.243. The Kier molecular flexibility index (Phi) is 6.27. The highest BCUT2D eigenvalue weighted by molar-refractivity contribution is 4.93. The van der Waals surface area contributed by atoms with Crippen molar-refractivity contribution < 1.29 is 55.1 Å². The summed E-state index contributed by atoms with van der Waals surface area (Å²) in [5, 5.41) is 76.5. The van der Waals surface area contributed by atoms with Gasteiger partial charge in [-0.3, -0.25) is 0 Å². The zero-order valence-electron chi connectivity index (χ0n) is 12.0. The fourth-order valence-electron chi connectivity index (χ4n) is 2.57. The second-order valence-corrected chi connectivity index (χ2v) is 5.53. The average Bonchev–Trinajstić information content (AvgIpc) is 2.55. The van der Waals surface area contributed by atoms with E-state index in [0.717, 1.165) is 0 Å². The minimum Gasteiger partial charge on any atom is -0.394 e. The molecule has 11 nitrogen and oxygen atoms in total. The molecule has 2 heterocycles. The first-order valence-electron chi connectivity index (χ1n) is 7.08. The lowest BCUT2D eigenvalue weighted by molar-refractivity contribution is -0.355. The molecule has 4 unspecified atom stereocenters. The molecule has 0 bridgehead atoms. The van der Waals surface area contributed by atoms with Gasteiger partial charge in [0.1, 0.15) is 48.8 Å². The molecule has 23 heavy (non-hydrogen) atoms. The van der Waals surface area contributed by atoms with Crippen LogP contribution in [0.15, 0.2) is 0 Å². The van der Waals surface area contributed by atoms with Gasteiger partial charge in [-0.1, -0.05) is 0 Å². The van der Waals surface area contributed by atoms with Crippen molar-refractivity contribution in [3.63, 3.8) is 0 Å². The molecule has 2 saturated heterocycles. The molecule has 2 aliphatic heterocycles. The van der Waals surface area contributed by atoms with E-state index in [9.17, 15) is 35.7 Å². The minimum atomic E-state index is -1.74. The third kappa shape index (κ3) is 3.65. The lowest BCUT2D eigenvalue weighted by atomic mass is 9.97. The molecule has 10 atom stereocenters. The van der Waals surface area contributed by atoms with Gasteiger partial charge in [-0.15, -0.1) is 0 Å². The summed E-state index contributed by atoms with van der Waals surface area (Å²) in [6, 6.07) is 0. The first-order valence-corrected chi connectivity index (χ1v) is 7.08. The minimum absolute atomic E-state index is 0.667. The molecule has 2 aliphatic rings. The predicted octanol–water partition coefficient (Wildman–Crippen LogP) is -5.40. The molecule has 11 heteroatoms. The van der Waals surface area contributed by atoms with Gasteiger partial charge in [-0.2, -0.15) is 0 Å². The van der Waals surface area contributed by atoms with Gasteiger partial charge in [0.05, 0.1) is 13.2 Å². The Morgan fingerprint density at radius 3 is 1.83 bits per heavy atom. The molecule has 2 fully saturated rings. The molecule has 0 radical (unpaired) electrons. The van der Waals surface area contributed by atoms with E-state index in [4.69, 9.17) is 19.3 Å². The van der Waals surface area contributed by atoms with Crippen LogP contribution in [-0.2, 0) is 14.2 Å². The van der Waals surface area contributed by atoms with Gasteiger partial charge in [0.15, 0.2) is 12.6 Å². The zero-order chi connectivity index (χ0) is 17.3. The number of aliphatic hydroxyl groups is 8. The average molecular weight is 342 g/mol. The van der Waals surface area contributed by atoms with E-state index in [-0.39, 0.29) is 0 Å². The molecule has 136 valence electrons. The van der Waals surface area contributed by atoms with E-state index < -0.39 is 74.6 Å². The van der Waals surface area contributed by atoms with Crippen molar-refractivity contribution in [2.75, 3.05) is 13.2 Å². The first-order chi connectivity index (χ1) is 10.8. The van der Waals surface area contributed by atoms with Gasteiger partial charge in [0.25, 0.3) is 0 Å². The van der Waals surface area contributed by atoms with E-state index in [1.165, 1.54) is 0 Å². The molecular formula is C12H22O11. The molecule has 0 aromatic heterocycles. The summed E-state index contributed by atoms with van der Waals surface area (Å²) in [6.45, 7) is -1.35. The van der Waals surface area contributed by atoms with Gasteiger partial charge in [0.2, 0.25) is 0 Å². The van der Waals surface area contributed by atoms with Gasteiger partial charge in [-0.25, -0.2) is 0 Å². The smallest absolute Gasteiger partial charge is 0.187 e. The topological polar surface area (TPSA) is 190 Å². The summed E-state index contributed by atoms with van der Waals surface area (Å²) in [7, 11) is 0. The third-order valence-corrected chi connectivity index (χ3v) is 3.98. The third-order valence-electron chi connectivity index (χ3n) is 3.98. The first kappa shape index (κ1) is 18.9. The van der Waals surface area contributed by atoms with Crippen LogP contribution < -0.4 is 0 Å². The highest BCUT2D eigenvalue weighted by Crippen LogP contribution is 2.28. The van der Waals surface area contributed by atoms with Crippen molar-refractivity contribution in [1.29, 1.82) is 0 Å². The van der Waals surface area contributed by atoms with Crippen LogP contribution in [0.3, 0.4) is 0 Å². The van der Waals surface area contributed by atoms with Crippen LogP contribution in [0, 0.1) is 0 Å². The number of aliphatic hydroxyl groups excluding tert-OH is 8. The molecule has 0 amide bonds. The molecule has 0 saturated carbocycles. The van der Waals surface area contributed by atoms with Crippen molar-refractivity contribution >= 4 is 0 Å². The fraction of sp³-hybridized carbons (Fsp3) is 1.00. The van der Waals surface area contributed by atoms with Gasteiger partial charge in [-0.05, 0) is 0 Å². The lowest BCUT2D eigenvalue weighted by Crippen LogP contribution is -2.64. The lowest BCUT2D eigenvalue weighted by Gasteiger charge is -2.45. The maximum atomic E-state index is 9.94. The summed E-state index contributed by atoms with van der Waals surface area (Å²) in [4.78, 5) is 0. The summed E-state index contributed by atoms with van der Waals surface area (Å²) < 4.78 is 15.3. The van der Waals surface area contributed by atoms with Gasteiger partial charge >= 0.3 is 0 Å². The summed E-state index contributed by atoms with van der Waals surface area (Å²) in [5.41, 5.74) is 0. The Morgan fingerprint density at radius 2 is 1.26 bits per heavy atom. The fourth-order valence-corrected chi connectivity index (χ4v) is 2.57. The monoisotopic (exact) mass is 342 g/mol. The molecule has 0 aromatic carbocycles. The molecular weight excluding hydrogens is 320 g/mol. The molecule has 0 aliphatic carbocycles. The maximum absolute atomic E-state index is 9.94. The van der Waals surface area contributed by atoms with Crippen LogP contribution in [0.4, 0.5) is 0 Å². The van der Waals surface area contributed by atoms with Gasteiger partial charge in [0, 0.05) is 0 Å². The Bertz CT molecular complexity index is 378. The normalized spacial score (nSPS) is 51.7. The maximum Gasteiger partial charge on any atom is 0.187 e. The standard InChI is InChI=1S/C12H22O11/c13-1-3-5(15)6(16)9(19)12(22-3)23-10-4(2-14)21-11(20)8(18)7(10)17/h3-20H,1-2H2/t3?,4?,5-,6?,7?,8+,9+,10+,11-,12+/m1/s1. The van der Waals surface area contributed by atoms with E-state index in [2.05, 4.69) is 0 Å². The number of hydrogen-bond donors (Lipinski definition) is 8. The van der Waals surface area contributed by atoms with Crippen molar-refractivity contribution in [3.8, 4) is 0 Å². The van der Waals surface area contributed by atoms with E-state index in [0.29, 0.717) is 0 Å². The molecule has 2 rings (SSSR count). The Balaban J connectivity index is 2.11. The molecule has 8 N–H and O–H groups in total. The van der Waals surface area contributed by atoms with Crippen molar-refractivity contribution in [1.82, 2.24) is 0 Å². The number of rotatable bonds is 4. The molecule has 0 aromatic rings. The SMILES string of the molecule is OCC1O[C@@H](O[C@H]2C(CO)O[C@@H](O)[C@@H](O)C2O)[C@@H](O)C(O)[C@@H]1O. The Morgan fingerprint density at radius 1 is 0.652 bits per heavy atom. The molecule has 0 spiro atoms. The highest BCUT2D eigenvalue weighted by atomic mass is 16.7. The van der Waals surface area contributed by atoms with Crippen molar-refractivity contribution in [3.05, 3.63) is 0 Å².